The molecule has 0 aliphatic rings. The molecule has 4 nitrogen and oxygen atoms in total. The fourth-order valence-electron chi connectivity index (χ4n) is 1.54. The molecule has 1 heterocycles. The molecule has 0 unspecified atom stereocenters. The lowest BCUT2D eigenvalue weighted by Crippen LogP contribution is -2.05. The Bertz CT molecular complexity index is 757. The number of rotatable bonds is 2. The molecule has 2 rings (SSSR count). The first-order valence-corrected chi connectivity index (χ1v) is 7.66. The zero-order valence-electron chi connectivity index (χ0n) is 11.6. The molecule has 0 radical (unpaired) electrons. The van der Waals surface area contributed by atoms with E-state index in [9.17, 15) is 8.42 Å². The van der Waals surface area contributed by atoms with Crippen LogP contribution in [0.3, 0.4) is 0 Å². The van der Waals surface area contributed by atoms with Crippen molar-refractivity contribution in [2.24, 2.45) is 5.41 Å². The van der Waals surface area contributed by atoms with Crippen molar-refractivity contribution in [2.45, 2.75) is 30.7 Å². The minimum atomic E-state index is -3.61. The predicted molar refractivity (Wildman–Crippen MR) is 76.8 cm³/mol. The van der Waals surface area contributed by atoms with Gasteiger partial charge in [-0.25, -0.2) is 8.42 Å². The number of hydrogen-bond donors (Lipinski definition) is 1. The van der Waals surface area contributed by atoms with Crippen molar-refractivity contribution in [1.82, 2.24) is 10.2 Å². The molecule has 0 spiro atoms. The van der Waals surface area contributed by atoms with Gasteiger partial charge in [0.05, 0.1) is 16.7 Å². The second-order valence-electron chi connectivity index (χ2n) is 5.43. The highest BCUT2D eigenvalue weighted by molar-refractivity contribution is 7.91. The Morgan fingerprint density at radius 2 is 1.80 bits per heavy atom. The molecule has 1 aromatic heterocycles. The van der Waals surface area contributed by atoms with Crippen LogP contribution >= 0.6 is 0 Å². The number of aromatic amines is 1. The van der Waals surface area contributed by atoms with E-state index in [4.69, 9.17) is 0 Å². The van der Waals surface area contributed by atoms with Crippen LogP contribution in [0.15, 0.2) is 46.5 Å². The fraction of sp³-hybridized carbons (Fsp3) is 0.267. The van der Waals surface area contributed by atoms with Gasteiger partial charge in [-0.1, -0.05) is 30.0 Å². The van der Waals surface area contributed by atoms with Gasteiger partial charge in [-0.05, 0) is 32.9 Å². The van der Waals surface area contributed by atoms with Gasteiger partial charge in [0.15, 0.2) is 5.03 Å². The second-order valence-corrected chi connectivity index (χ2v) is 7.32. The summed E-state index contributed by atoms with van der Waals surface area (Å²) in [6.45, 7) is 5.89. The summed E-state index contributed by atoms with van der Waals surface area (Å²) in [6.07, 6.45) is 1.44. The minimum Gasteiger partial charge on any atom is -0.266 e. The maximum atomic E-state index is 12.5. The minimum absolute atomic E-state index is 0.0421. The zero-order chi connectivity index (χ0) is 14.8. The van der Waals surface area contributed by atoms with E-state index in [1.807, 2.05) is 20.8 Å². The molecule has 0 aliphatic carbocycles. The molecular weight excluding hydrogens is 272 g/mol. The summed E-state index contributed by atoms with van der Waals surface area (Å²) in [7, 11) is -3.61. The molecule has 0 aliphatic heterocycles. The molecule has 104 valence electrons. The molecule has 1 aromatic carbocycles. The van der Waals surface area contributed by atoms with Crippen LogP contribution in [0.4, 0.5) is 0 Å². The van der Waals surface area contributed by atoms with Gasteiger partial charge in [0.25, 0.3) is 0 Å². The van der Waals surface area contributed by atoms with Crippen LogP contribution in [0.1, 0.15) is 26.3 Å². The van der Waals surface area contributed by atoms with Crippen LogP contribution in [-0.2, 0) is 9.84 Å². The third-order valence-electron chi connectivity index (χ3n) is 2.50. The van der Waals surface area contributed by atoms with Crippen LogP contribution in [0.5, 0.6) is 0 Å². The molecule has 0 fully saturated rings. The number of aromatic nitrogens is 2. The Morgan fingerprint density at radius 3 is 2.40 bits per heavy atom. The predicted octanol–water partition coefficient (Wildman–Crippen LogP) is 2.64. The van der Waals surface area contributed by atoms with Crippen molar-refractivity contribution in [2.75, 3.05) is 0 Å². The number of H-pyrrole nitrogens is 1. The van der Waals surface area contributed by atoms with Gasteiger partial charge in [-0.2, -0.15) is 5.10 Å². The molecule has 0 saturated heterocycles. The average Bonchev–Trinajstić information content (AvgIpc) is 2.86. The molecule has 0 amide bonds. The molecule has 20 heavy (non-hydrogen) atoms. The quantitative estimate of drug-likeness (QED) is 0.864. The Balaban J connectivity index is 2.50. The van der Waals surface area contributed by atoms with E-state index < -0.39 is 9.84 Å². The van der Waals surface area contributed by atoms with E-state index in [0.29, 0.717) is 5.56 Å². The summed E-state index contributed by atoms with van der Waals surface area (Å²) >= 11 is 0. The van der Waals surface area contributed by atoms with Crippen molar-refractivity contribution < 1.29 is 8.42 Å². The number of sulfone groups is 1. The second kappa shape index (κ2) is 5.14. The molecular formula is C15H16N2O2S. The summed E-state index contributed by atoms with van der Waals surface area (Å²) < 4.78 is 25.0. The largest absolute Gasteiger partial charge is 0.266 e. The average molecular weight is 288 g/mol. The van der Waals surface area contributed by atoms with Crippen molar-refractivity contribution in [3.05, 3.63) is 42.1 Å². The Labute approximate surface area is 119 Å². The fourth-order valence-corrected chi connectivity index (χ4v) is 2.86. The van der Waals surface area contributed by atoms with Crippen molar-refractivity contribution in [3.63, 3.8) is 0 Å². The van der Waals surface area contributed by atoms with Crippen molar-refractivity contribution in [3.8, 4) is 11.8 Å². The van der Waals surface area contributed by atoms with E-state index in [1.165, 1.54) is 6.20 Å². The van der Waals surface area contributed by atoms with Crippen LogP contribution in [0, 0.1) is 17.3 Å². The number of benzene rings is 1. The van der Waals surface area contributed by atoms with Gasteiger partial charge in [0.1, 0.15) is 0 Å². The van der Waals surface area contributed by atoms with E-state index in [2.05, 4.69) is 22.0 Å². The number of nitrogens with zero attached hydrogens (tertiary/aromatic N) is 1. The first kappa shape index (κ1) is 14.4. The van der Waals surface area contributed by atoms with Gasteiger partial charge in [-0.3, -0.25) is 5.10 Å². The Morgan fingerprint density at radius 1 is 1.15 bits per heavy atom. The third-order valence-corrected chi connectivity index (χ3v) is 4.24. The lowest BCUT2D eigenvalue weighted by Gasteiger charge is -2.07. The maximum absolute atomic E-state index is 12.5. The van der Waals surface area contributed by atoms with E-state index >= 15 is 0 Å². The van der Waals surface area contributed by atoms with Gasteiger partial charge >= 0.3 is 0 Å². The van der Waals surface area contributed by atoms with Gasteiger partial charge in [-0.15, -0.1) is 0 Å². The van der Waals surface area contributed by atoms with Crippen LogP contribution in [0.2, 0.25) is 0 Å². The number of hydrogen-bond acceptors (Lipinski definition) is 3. The summed E-state index contributed by atoms with van der Waals surface area (Å²) in [4.78, 5) is 0.225. The molecule has 0 saturated carbocycles. The van der Waals surface area contributed by atoms with Crippen LogP contribution < -0.4 is 0 Å². The van der Waals surface area contributed by atoms with Crippen molar-refractivity contribution >= 4 is 9.84 Å². The van der Waals surface area contributed by atoms with Crippen LogP contribution in [-0.4, -0.2) is 18.6 Å². The lowest BCUT2D eigenvalue weighted by atomic mass is 9.98. The van der Waals surface area contributed by atoms with E-state index in [0.717, 1.165) is 0 Å². The molecule has 1 N–H and O–H groups in total. The summed E-state index contributed by atoms with van der Waals surface area (Å²) in [5, 5.41) is 6.39. The molecule has 2 aromatic rings. The molecule has 5 heteroatoms. The first-order chi connectivity index (χ1) is 9.31. The Kier molecular flexibility index (Phi) is 3.69. The lowest BCUT2D eigenvalue weighted by molar-refractivity contribution is 0.570. The van der Waals surface area contributed by atoms with Crippen molar-refractivity contribution in [1.29, 1.82) is 0 Å². The summed E-state index contributed by atoms with van der Waals surface area (Å²) in [6, 6.07) is 8.24. The summed E-state index contributed by atoms with van der Waals surface area (Å²) in [5.41, 5.74) is 0.189. The van der Waals surface area contributed by atoms with Crippen LogP contribution in [0.25, 0.3) is 0 Å². The molecule has 0 atom stereocenters. The normalized spacial score (nSPS) is 11.8. The smallest absolute Gasteiger partial charge is 0.224 e. The zero-order valence-corrected chi connectivity index (χ0v) is 12.5. The topological polar surface area (TPSA) is 62.8 Å². The standard InChI is InChI=1S/C15H16N2O2S/c1-15(2,3)10-9-12-11-16-17-14(12)20(18,19)13-7-5-4-6-8-13/h4-8,11H,1-3H3,(H,16,17). The number of nitrogens with one attached hydrogen (secondary N) is 1. The highest BCUT2D eigenvalue weighted by atomic mass is 32.2. The monoisotopic (exact) mass is 288 g/mol. The third kappa shape index (κ3) is 3.09. The highest BCUT2D eigenvalue weighted by Gasteiger charge is 2.22. The van der Waals surface area contributed by atoms with Gasteiger partial charge in [0, 0.05) is 5.41 Å². The highest BCUT2D eigenvalue weighted by Crippen LogP contribution is 2.21. The van der Waals surface area contributed by atoms with E-state index in [1.54, 1.807) is 30.3 Å². The SMILES string of the molecule is CC(C)(C)C#Cc1cn[nH]c1S(=O)(=O)c1ccccc1. The first-order valence-electron chi connectivity index (χ1n) is 6.17. The van der Waals surface area contributed by atoms with E-state index in [-0.39, 0.29) is 15.3 Å². The van der Waals surface area contributed by atoms with Gasteiger partial charge in [0.2, 0.25) is 9.84 Å². The maximum Gasteiger partial charge on any atom is 0.224 e. The van der Waals surface area contributed by atoms with Gasteiger partial charge < -0.3 is 0 Å². The molecule has 0 bridgehead atoms. The summed E-state index contributed by atoms with van der Waals surface area (Å²) in [5.74, 6) is 5.90. The Hall–Kier alpha value is -2.06.